The van der Waals surface area contributed by atoms with Crippen molar-refractivity contribution < 1.29 is 9.59 Å². The minimum absolute atomic E-state index is 0.196. The number of carbonyl (C=O) groups excluding carboxylic acids is 2. The number of amides is 2. The van der Waals surface area contributed by atoms with Gasteiger partial charge in [-0.3, -0.25) is 9.59 Å². The van der Waals surface area contributed by atoms with E-state index in [1.54, 1.807) is 48.5 Å². The van der Waals surface area contributed by atoms with Crippen LogP contribution in [0.4, 0.5) is 5.69 Å². The Hall–Kier alpha value is -3.40. The maximum atomic E-state index is 12.7. The highest BCUT2D eigenvalue weighted by Gasteiger charge is 2.15. The SMILES string of the molecule is C[C@@H](CNC(=O)c1ccccc1NC(=O)c1ccccc1)c1ccccc1. The van der Waals surface area contributed by atoms with Gasteiger partial charge in [-0.1, -0.05) is 67.6 Å². The van der Waals surface area contributed by atoms with Crippen molar-refractivity contribution in [1.29, 1.82) is 0 Å². The maximum Gasteiger partial charge on any atom is 0.255 e. The van der Waals surface area contributed by atoms with E-state index in [0.717, 1.165) is 0 Å². The number of rotatable bonds is 6. The molecule has 0 saturated heterocycles. The van der Waals surface area contributed by atoms with Crippen molar-refractivity contribution in [2.75, 3.05) is 11.9 Å². The number of anilines is 1. The topological polar surface area (TPSA) is 58.2 Å². The number of hydrogen-bond donors (Lipinski definition) is 2. The molecule has 3 rings (SSSR count). The van der Waals surface area contributed by atoms with Crippen molar-refractivity contribution in [3.63, 3.8) is 0 Å². The molecule has 0 aliphatic rings. The summed E-state index contributed by atoms with van der Waals surface area (Å²) in [6.07, 6.45) is 0. The maximum absolute atomic E-state index is 12.7. The Morgan fingerprint density at radius 1 is 0.778 bits per heavy atom. The highest BCUT2D eigenvalue weighted by molar-refractivity contribution is 6.08. The largest absolute Gasteiger partial charge is 0.351 e. The summed E-state index contributed by atoms with van der Waals surface area (Å²) in [6, 6.07) is 26.0. The van der Waals surface area contributed by atoms with Gasteiger partial charge < -0.3 is 10.6 Å². The van der Waals surface area contributed by atoms with Gasteiger partial charge in [0.05, 0.1) is 11.3 Å². The normalized spacial score (nSPS) is 11.4. The molecule has 3 aromatic rings. The zero-order valence-electron chi connectivity index (χ0n) is 15.2. The van der Waals surface area contributed by atoms with Crippen LogP contribution in [-0.2, 0) is 0 Å². The van der Waals surface area contributed by atoms with Crippen LogP contribution in [0.5, 0.6) is 0 Å². The Morgan fingerprint density at radius 3 is 2.07 bits per heavy atom. The molecule has 2 N–H and O–H groups in total. The molecule has 0 fully saturated rings. The molecule has 2 amide bonds. The number of carbonyl (C=O) groups is 2. The quantitative estimate of drug-likeness (QED) is 0.683. The first kappa shape index (κ1) is 18.4. The number of benzene rings is 3. The summed E-state index contributed by atoms with van der Waals surface area (Å²) < 4.78 is 0. The summed E-state index contributed by atoms with van der Waals surface area (Å²) in [5, 5.41) is 5.79. The second-order valence-corrected chi connectivity index (χ2v) is 6.39. The zero-order chi connectivity index (χ0) is 19.1. The van der Waals surface area contributed by atoms with Gasteiger partial charge in [0, 0.05) is 12.1 Å². The fraction of sp³-hybridized carbons (Fsp3) is 0.130. The molecule has 0 heterocycles. The molecule has 4 heteroatoms. The van der Waals surface area contributed by atoms with Crippen LogP contribution in [0.15, 0.2) is 84.9 Å². The van der Waals surface area contributed by atoms with Crippen LogP contribution in [0.1, 0.15) is 39.1 Å². The van der Waals surface area contributed by atoms with Gasteiger partial charge in [0.1, 0.15) is 0 Å². The van der Waals surface area contributed by atoms with Gasteiger partial charge in [-0.25, -0.2) is 0 Å². The van der Waals surface area contributed by atoms with Gasteiger partial charge in [0.2, 0.25) is 0 Å². The molecule has 27 heavy (non-hydrogen) atoms. The molecule has 1 atom stereocenters. The molecule has 0 spiro atoms. The van der Waals surface area contributed by atoms with E-state index in [0.29, 0.717) is 23.4 Å². The Morgan fingerprint density at radius 2 is 1.37 bits per heavy atom. The minimum atomic E-state index is -0.242. The summed E-state index contributed by atoms with van der Waals surface area (Å²) in [5.41, 5.74) is 2.66. The molecule has 0 radical (unpaired) electrons. The fourth-order valence-corrected chi connectivity index (χ4v) is 2.81. The summed E-state index contributed by atoms with van der Waals surface area (Å²) >= 11 is 0. The monoisotopic (exact) mass is 358 g/mol. The van der Waals surface area contributed by atoms with Crippen LogP contribution >= 0.6 is 0 Å². The summed E-state index contributed by atoms with van der Waals surface area (Å²) in [7, 11) is 0. The van der Waals surface area contributed by atoms with Crippen LogP contribution in [0, 0.1) is 0 Å². The van der Waals surface area contributed by atoms with Crippen molar-refractivity contribution in [3.05, 3.63) is 102 Å². The van der Waals surface area contributed by atoms with E-state index in [1.165, 1.54) is 5.56 Å². The van der Waals surface area contributed by atoms with E-state index in [1.807, 2.05) is 36.4 Å². The summed E-state index contributed by atoms with van der Waals surface area (Å²) in [5.74, 6) is -0.253. The van der Waals surface area contributed by atoms with Crippen molar-refractivity contribution in [2.45, 2.75) is 12.8 Å². The number of para-hydroxylation sites is 1. The molecule has 0 bridgehead atoms. The van der Waals surface area contributed by atoms with E-state index < -0.39 is 0 Å². The van der Waals surface area contributed by atoms with E-state index in [-0.39, 0.29) is 17.7 Å². The van der Waals surface area contributed by atoms with Crippen LogP contribution < -0.4 is 10.6 Å². The van der Waals surface area contributed by atoms with Gasteiger partial charge in [0.25, 0.3) is 11.8 Å². The van der Waals surface area contributed by atoms with Crippen LogP contribution in [0.2, 0.25) is 0 Å². The highest BCUT2D eigenvalue weighted by atomic mass is 16.2. The van der Waals surface area contributed by atoms with E-state index >= 15 is 0 Å². The first-order valence-corrected chi connectivity index (χ1v) is 8.93. The van der Waals surface area contributed by atoms with Gasteiger partial charge in [-0.2, -0.15) is 0 Å². The van der Waals surface area contributed by atoms with Crippen LogP contribution in [0.25, 0.3) is 0 Å². The molecular formula is C23H22N2O2. The van der Waals surface area contributed by atoms with Crippen LogP contribution in [0.3, 0.4) is 0 Å². The van der Waals surface area contributed by atoms with E-state index in [9.17, 15) is 9.59 Å². The second-order valence-electron chi connectivity index (χ2n) is 6.39. The molecule has 4 nitrogen and oxygen atoms in total. The molecule has 0 unspecified atom stereocenters. The summed E-state index contributed by atoms with van der Waals surface area (Å²) in [4.78, 5) is 25.1. The van der Waals surface area contributed by atoms with Crippen molar-refractivity contribution in [2.24, 2.45) is 0 Å². The molecule has 0 saturated carbocycles. The van der Waals surface area contributed by atoms with Crippen molar-refractivity contribution in [1.82, 2.24) is 5.32 Å². The predicted molar refractivity (Wildman–Crippen MR) is 108 cm³/mol. The smallest absolute Gasteiger partial charge is 0.255 e. The first-order valence-electron chi connectivity index (χ1n) is 8.93. The standard InChI is InChI=1S/C23H22N2O2/c1-17(18-10-4-2-5-11-18)16-24-23(27)20-14-8-9-15-21(20)25-22(26)19-12-6-3-7-13-19/h2-15,17H,16H2,1H3,(H,24,27)(H,25,26)/t17-/m0/s1. The molecule has 0 aromatic heterocycles. The number of nitrogens with one attached hydrogen (secondary N) is 2. The predicted octanol–water partition coefficient (Wildman–Crippen LogP) is 4.47. The molecule has 3 aromatic carbocycles. The highest BCUT2D eigenvalue weighted by Crippen LogP contribution is 2.18. The first-order chi connectivity index (χ1) is 13.1. The average molecular weight is 358 g/mol. The fourth-order valence-electron chi connectivity index (χ4n) is 2.81. The van der Waals surface area contributed by atoms with Gasteiger partial charge in [-0.15, -0.1) is 0 Å². The third-order valence-corrected chi connectivity index (χ3v) is 4.39. The third kappa shape index (κ3) is 4.82. The second kappa shape index (κ2) is 8.81. The Kier molecular flexibility index (Phi) is 6.00. The van der Waals surface area contributed by atoms with E-state index in [4.69, 9.17) is 0 Å². The minimum Gasteiger partial charge on any atom is -0.351 e. The lowest BCUT2D eigenvalue weighted by Crippen LogP contribution is -2.28. The zero-order valence-corrected chi connectivity index (χ0v) is 15.2. The van der Waals surface area contributed by atoms with Crippen molar-refractivity contribution in [3.8, 4) is 0 Å². The van der Waals surface area contributed by atoms with Gasteiger partial charge >= 0.3 is 0 Å². The lowest BCUT2D eigenvalue weighted by atomic mass is 10.0. The third-order valence-electron chi connectivity index (χ3n) is 4.39. The molecule has 0 aliphatic heterocycles. The van der Waals surface area contributed by atoms with Crippen molar-refractivity contribution >= 4 is 17.5 Å². The Balaban J connectivity index is 1.68. The Labute approximate surface area is 159 Å². The van der Waals surface area contributed by atoms with Gasteiger partial charge in [-0.05, 0) is 35.7 Å². The lowest BCUT2D eigenvalue weighted by Gasteiger charge is -2.15. The Bertz CT molecular complexity index is 908. The average Bonchev–Trinajstić information content (AvgIpc) is 2.73. The number of hydrogen-bond acceptors (Lipinski definition) is 2. The van der Waals surface area contributed by atoms with E-state index in [2.05, 4.69) is 17.6 Å². The lowest BCUT2D eigenvalue weighted by molar-refractivity contribution is 0.0952. The van der Waals surface area contributed by atoms with Crippen LogP contribution in [-0.4, -0.2) is 18.4 Å². The molecule has 0 aliphatic carbocycles. The molecule has 136 valence electrons. The molecular weight excluding hydrogens is 336 g/mol. The van der Waals surface area contributed by atoms with Gasteiger partial charge in [0.15, 0.2) is 0 Å². The summed E-state index contributed by atoms with van der Waals surface area (Å²) in [6.45, 7) is 2.59.